The van der Waals surface area contributed by atoms with Crippen molar-refractivity contribution in [2.45, 2.75) is 26.2 Å². The highest BCUT2D eigenvalue weighted by Gasteiger charge is 2.20. The predicted octanol–water partition coefficient (Wildman–Crippen LogP) is 4.50. The molecule has 1 heterocycles. The fraction of sp³-hybridized carbons (Fsp3) is 0.211. The fourth-order valence-electron chi connectivity index (χ4n) is 1.90. The summed E-state index contributed by atoms with van der Waals surface area (Å²) < 4.78 is 40.0. The quantitative estimate of drug-likeness (QED) is 0.698. The first-order valence-corrected chi connectivity index (χ1v) is 7.00. The van der Waals surface area contributed by atoms with Crippen molar-refractivity contribution in [3.05, 3.63) is 66.4 Å². The van der Waals surface area contributed by atoms with Gasteiger partial charge in [-0.05, 0) is 0 Å². The van der Waals surface area contributed by atoms with Gasteiger partial charge < -0.3 is 0 Å². The third-order valence-corrected chi connectivity index (χ3v) is 3.06. The van der Waals surface area contributed by atoms with Crippen LogP contribution in [0, 0.1) is 0 Å². The third kappa shape index (κ3) is 3.03. The first-order chi connectivity index (χ1) is 12.6. The SMILES string of the molecule is [2H]c1c([2H])c([2H])c(-c2nc(-c3ccccc3)nc(C(C)(C)C)n2)c([2H])c1[2H]. The second kappa shape index (κ2) is 5.68. The Morgan fingerprint density at radius 3 is 1.95 bits per heavy atom. The first-order valence-electron chi connectivity index (χ1n) is 9.50. The van der Waals surface area contributed by atoms with Crippen molar-refractivity contribution in [2.24, 2.45) is 0 Å². The van der Waals surface area contributed by atoms with Gasteiger partial charge in [0.2, 0.25) is 0 Å². The minimum atomic E-state index is -0.442. The summed E-state index contributed by atoms with van der Waals surface area (Å²) in [4.78, 5) is 13.4. The lowest BCUT2D eigenvalue weighted by Gasteiger charge is -2.18. The molecule has 3 nitrogen and oxygen atoms in total. The average Bonchev–Trinajstić information content (AvgIpc) is 2.65. The number of nitrogens with zero attached hydrogens (tertiary/aromatic N) is 3. The maximum Gasteiger partial charge on any atom is 0.163 e. The molecule has 0 spiro atoms. The van der Waals surface area contributed by atoms with E-state index in [-0.39, 0.29) is 23.5 Å². The molecule has 0 aliphatic rings. The molecule has 0 unspecified atom stereocenters. The maximum atomic E-state index is 8.20. The van der Waals surface area contributed by atoms with E-state index in [4.69, 9.17) is 6.85 Å². The smallest absolute Gasteiger partial charge is 0.163 e. The Labute approximate surface area is 138 Å². The Morgan fingerprint density at radius 2 is 1.36 bits per heavy atom. The van der Waals surface area contributed by atoms with E-state index in [2.05, 4.69) is 15.0 Å². The molecule has 0 saturated carbocycles. The van der Waals surface area contributed by atoms with Gasteiger partial charge in [0.05, 0.1) is 6.85 Å². The van der Waals surface area contributed by atoms with Crippen LogP contribution < -0.4 is 0 Å². The zero-order chi connectivity index (χ0) is 19.9. The van der Waals surface area contributed by atoms with Gasteiger partial charge in [-0.25, -0.2) is 15.0 Å². The van der Waals surface area contributed by atoms with Gasteiger partial charge >= 0.3 is 0 Å². The minimum absolute atomic E-state index is 0.0221. The van der Waals surface area contributed by atoms with E-state index in [0.717, 1.165) is 5.56 Å². The van der Waals surface area contributed by atoms with E-state index in [1.165, 1.54) is 0 Å². The van der Waals surface area contributed by atoms with Crippen molar-refractivity contribution >= 4 is 0 Å². The number of hydrogen-bond acceptors (Lipinski definition) is 3. The summed E-state index contributed by atoms with van der Waals surface area (Å²) in [7, 11) is 0. The largest absolute Gasteiger partial charge is 0.212 e. The van der Waals surface area contributed by atoms with Gasteiger partial charge in [0.1, 0.15) is 5.82 Å². The van der Waals surface area contributed by atoms with Gasteiger partial charge in [-0.15, -0.1) is 0 Å². The van der Waals surface area contributed by atoms with Crippen molar-refractivity contribution in [3.63, 3.8) is 0 Å². The van der Waals surface area contributed by atoms with E-state index >= 15 is 0 Å². The molecule has 2 aromatic carbocycles. The van der Waals surface area contributed by atoms with Crippen LogP contribution in [0.25, 0.3) is 22.8 Å². The lowest BCUT2D eigenvalue weighted by molar-refractivity contribution is 0.543. The van der Waals surface area contributed by atoms with Gasteiger partial charge in [0.15, 0.2) is 11.6 Å². The average molecular weight is 294 g/mol. The van der Waals surface area contributed by atoms with E-state index in [0.29, 0.717) is 11.6 Å². The molecule has 3 rings (SSSR count). The molecule has 3 aromatic rings. The molecule has 0 aliphatic carbocycles. The molecule has 0 atom stereocenters. The summed E-state index contributed by atoms with van der Waals surface area (Å²) in [5, 5.41) is 0. The van der Waals surface area contributed by atoms with Gasteiger partial charge in [0, 0.05) is 16.5 Å². The summed E-state index contributed by atoms with van der Waals surface area (Å²) in [5.74, 6) is 0.960. The van der Waals surface area contributed by atoms with E-state index in [1.807, 2.05) is 51.1 Å². The van der Waals surface area contributed by atoms with Crippen LogP contribution in [0.4, 0.5) is 0 Å². The Morgan fingerprint density at radius 1 is 0.773 bits per heavy atom. The molecule has 0 bridgehead atoms. The van der Waals surface area contributed by atoms with Crippen LogP contribution in [0.2, 0.25) is 0 Å². The first kappa shape index (κ1) is 9.46. The van der Waals surface area contributed by atoms with E-state index in [9.17, 15) is 0 Å². The number of rotatable bonds is 2. The van der Waals surface area contributed by atoms with Crippen molar-refractivity contribution in [3.8, 4) is 22.8 Å². The van der Waals surface area contributed by atoms with Crippen LogP contribution in [0.5, 0.6) is 0 Å². The molecule has 3 heteroatoms. The third-order valence-electron chi connectivity index (χ3n) is 3.06. The monoisotopic (exact) mass is 294 g/mol. The van der Waals surface area contributed by atoms with Crippen LogP contribution in [0.3, 0.4) is 0 Å². The zero-order valence-electron chi connectivity index (χ0n) is 17.7. The molecule has 110 valence electrons. The standard InChI is InChI=1S/C19H19N3/c1-19(2,3)18-21-16(14-10-6-4-7-11-14)20-17(22-18)15-12-8-5-9-13-15/h4-13H,1-3H3/i4D,6D,7D,10D,11D. The van der Waals surface area contributed by atoms with Crippen LogP contribution in [-0.4, -0.2) is 15.0 Å². The lowest BCUT2D eigenvalue weighted by atomic mass is 9.95. The molecule has 0 aliphatic heterocycles. The molecule has 22 heavy (non-hydrogen) atoms. The topological polar surface area (TPSA) is 38.7 Å². The molecular formula is C19H19N3. The zero-order valence-corrected chi connectivity index (χ0v) is 12.7. The fourth-order valence-corrected chi connectivity index (χ4v) is 1.90. The van der Waals surface area contributed by atoms with E-state index < -0.39 is 23.5 Å². The molecular weight excluding hydrogens is 270 g/mol. The minimum Gasteiger partial charge on any atom is -0.212 e. The van der Waals surface area contributed by atoms with Crippen molar-refractivity contribution < 1.29 is 6.85 Å². The highest BCUT2D eigenvalue weighted by atomic mass is 15.0. The summed E-state index contributed by atoms with van der Waals surface area (Å²) in [6, 6.07) is 7.39. The number of benzene rings is 2. The predicted molar refractivity (Wildman–Crippen MR) is 89.4 cm³/mol. The maximum absolute atomic E-state index is 8.20. The summed E-state index contributed by atoms with van der Waals surface area (Å²) in [6.45, 7) is 5.84. The van der Waals surface area contributed by atoms with Crippen molar-refractivity contribution in [1.29, 1.82) is 0 Å². The second-order valence-electron chi connectivity index (χ2n) is 5.92. The van der Waals surface area contributed by atoms with Gasteiger partial charge in [-0.2, -0.15) is 0 Å². The van der Waals surface area contributed by atoms with Crippen LogP contribution in [0.1, 0.15) is 33.4 Å². The van der Waals surface area contributed by atoms with Crippen molar-refractivity contribution in [1.82, 2.24) is 15.0 Å². The van der Waals surface area contributed by atoms with Crippen LogP contribution in [0.15, 0.2) is 60.5 Å². The normalized spacial score (nSPS) is 14.6. The van der Waals surface area contributed by atoms with E-state index in [1.54, 1.807) is 0 Å². The molecule has 0 amide bonds. The second-order valence-corrected chi connectivity index (χ2v) is 5.92. The molecule has 0 radical (unpaired) electrons. The number of hydrogen-bond donors (Lipinski definition) is 0. The summed E-state index contributed by atoms with van der Waals surface area (Å²) in [5.41, 5.74) is 0.333. The molecule has 0 saturated heterocycles. The number of aromatic nitrogens is 3. The van der Waals surface area contributed by atoms with Gasteiger partial charge in [-0.3, -0.25) is 0 Å². The Balaban J connectivity index is 2.35. The van der Waals surface area contributed by atoms with Crippen LogP contribution in [-0.2, 0) is 5.41 Å². The van der Waals surface area contributed by atoms with Crippen molar-refractivity contribution in [2.75, 3.05) is 0 Å². The highest BCUT2D eigenvalue weighted by Crippen LogP contribution is 2.25. The molecule has 0 fully saturated rings. The molecule has 0 N–H and O–H groups in total. The summed E-state index contributed by atoms with van der Waals surface area (Å²) in [6.07, 6.45) is 0. The van der Waals surface area contributed by atoms with Gasteiger partial charge in [0.25, 0.3) is 0 Å². The summed E-state index contributed by atoms with van der Waals surface area (Å²) >= 11 is 0. The Bertz CT molecular complexity index is 985. The van der Waals surface area contributed by atoms with Crippen LogP contribution >= 0.6 is 0 Å². The Kier molecular flexibility index (Phi) is 2.44. The highest BCUT2D eigenvalue weighted by molar-refractivity contribution is 5.60. The molecule has 1 aromatic heterocycles. The Hall–Kier alpha value is -2.55. The lowest BCUT2D eigenvalue weighted by Crippen LogP contribution is -2.18. The van der Waals surface area contributed by atoms with Gasteiger partial charge in [-0.1, -0.05) is 81.3 Å².